The Hall–Kier alpha value is -2.48. The Morgan fingerprint density at radius 1 is 1.08 bits per heavy atom. The SMILES string of the molecule is Cc1ccc(S(=O)(=O)NNC(=O)c2ccc3ccccc3n2)cc1Cl. The van der Waals surface area contributed by atoms with Crippen LogP contribution in [0.15, 0.2) is 59.5 Å². The van der Waals surface area contributed by atoms with Crippen molar-refractivity contribution >= 4 is 38.4 Å². The van der Waals surface area contributed by atoms with Crippen molar-refractivity contribution in [3.63, 3.8) is 0 Å². The highest BCUT2D eigenvalue weighted by Crippen LogP contribution is 2.19. The molecule has 6 nitrogen and oxygen atoms in total. The van der Waals surface area contributed by atoms with Gasteiger partial charge in [-0.2, -0.15) is 0 Å². The van der Waals surface area contributed by atoms with E-state index in [4.69, 9.17) is 11.6 Å². The van der Waals surface area contributed by atoms with Crippen molar-refractivity contribution in [1.29, 1.82) is 0 Å². The third-order valence-corrected chi connectivity index (χ3v) is 5.24. The minimum absolute atomic E-state index is 0.0464. The zero-order chi connectivity index (χ0) is 18.0. The lowest BCUT2D eigenvalue weighted by atomic mass is 10.2. The van der Waals surface area contributed by atoms with Crippen LogP contribution in [0.2, 0.25) is 5.02 Å². The van der Waals surface area contributed by atoms with Crippen molar-refractivity contribution in [2.45, 2.75) is 11.8 Å². The van der Waals surface area contributed by atoms with Crippen molar-refractivity contribution in [2.24, 2.45) is 0 Å². The number of halogens is 1. The molecule has 2 N–H and O–H groups in total. The van der Waals surface area contributed by atoms with Gasteiger partial charge in [0.2, 0.25) is 0 Å². The second-order valence-electron chi connectivity index (χ2n) is 5.36. The van der Waals surface area contributed by atoms with E-state index in [-0.39, 0.29) is 10.6 Å². The average molecular weight is 376 g/mol. The molecule has 0 spiro atoms. The van der Waals surface area contributed by atoms with Gasteiger partial charge >= 0.3 is 0 Å². The zero-order valence-corrected chi connectivity index (χ0v) is 14.7. The lowest BCUT2D eigenvalue weighted by molar-refractivity contribution is 0.0940. The van der Waals surface area contributed by atoms with Gasteiger partial charge in [-0.25, -0.2) is 13.4 Å². The standard InChI is InChI=1S/C17H14ClN3O3S/c1-11-6-8-13(10-14(11)18)25(23,24)21-20-17(22)16-9-7-12-4-2-3-5-15(12)19-16/h2-10,21H,1H3,(H,20,22). The maximum absolute atomic E-state index is 12.2. The molecule has 3 aromatic rings. The number of hydrogen-bond acceptors (Lipinski definition) is 4. The molecule has 2 aromatic carbocycles. The number of para-hydroxylation sites is 1. The number of rotatable bonds is 4. The first-order valence-electron chi connectivity index (χ1n) is 7.31. The molecule has 0 aliphatic carbocycles. The molecule has 0 radical (unpaired) electrons. The molecule has 1 amide bonds. The number of aryl methyl sites for hydroxylation is 1. The summed E-state index contributed by atoms with van der Waals surface area (Å²) in [5.74, 6) is -0.660. The normalized spacial score (nSPS) is 11.4. The summed E-state index contributed by atoms with van der Waals surface area (Å²) in [7, 11) is -3.94. The molecule has 1 heterocycles. The molecule has 1 aromatic heterocycles. The lowest BCUT2D eigenvalue weighted by Gasteiger charge is -2.09. The third-order valence-electron chi connectivity index (χ3n) is 3.58. The van der Waals surface area contributed by atoms with Crippen LogP contribution in [0.25, 0.3) is 10.9 Å². The van der Waals surface area contributed by atoms with Crippen LogP contribution in [0.3, 0.4) is 0 Å². The van der Waals surface area contributed by atoms with Crippen LogP contribution in [0, 0.1) is 6.92 Å². The molecule has 25 heavy (non-hydrogen) atoms. The van der Waals surface area contributed by atoms with Gasteiger partial charge < -0.3 is 0 Å². The second kappa shape index (κ2) is 6.79. The van der Waals surface area contributed by atoms with Gasteiger partial charge in [0, 0.05) is 10.4 Å². The van der Waals surface area contributed by atoms with E-state index in [2.05, 4.69) is 10.4 Å². The molecule has 128 valence electrons. The van der Waals surface area contributed by atoms with Gasteiger partial charge in [-0.3, -0.25) is 10.2 Å². The van der Waals surface area contributed by atoms with Crippen molar-refractivity contribution in [2.75, 3.05) is 0 Å². The summed E-state index contributed by atoms with van der Waals surface area (Å²) < 4.78 is 24.5. The van der Waals surface area contributed by atoms with Gasteiger partial charge in [-0.15, -0.1) is 4.83 Å². The number of nitrogens with one attached hydrogen (secondary N) is 2. The predicted molar refractivity (Wildman–Crippen MR) is 95.7 cm³/mol. The molecule has 0 aliphatic rings. The number of carbonyl (C=O) groups excluding carboxylic acids is 1. The van der Waals surface area contributed by atoms with Gasteiger partial charge in [0.1, 0.15) is 5.69 Å². The van der Waals surface area contributed by atoms with Crippen LogP contribution in [-0.2, 0) is 10.0 Å². The summed E-state index contributed by atoms with van der Waals surface area (Å²) in [5.41, 5.74) is 3.65. The van der Waals surface area contributed by atoms with E-state index < -0.39 is 15.9 Å². The molecule has 0 aliphatic heterocycles. The van der Waals surface area contributed by atoms with E-state index in [1.165, 1.54) is 18.2 Å². The highest BCUT2D eigenvalue weighted by atomic mass is 35.5. The predicted octanol–water partition coefficient (Wildman–Crippen LogP) is 2.82. The minimum Gasteiger partial charge on any atom is -0.272 e. The van der Waals surface area contributed by atoms with Crippen molar-refractivity contribution in [3.05, 3.63) is 70.9 Å². The highest BCUT2D eigenvalue weighted by Gasteiger charge is 2.17. The molecular weight excluding hydrogens is 362 g/mol. The smallest absolute Gasteiger partial charge is 0.272 e. The number of amides is 1. The number of sulfonamides is 1. The van der Waals surface area contributed by atoms with Crippen LogP contribution in [0.5, 0.6) is 0 Å². The first-order valence-corrected chi connectivity index (χ1v) is 9.17. The van der Waals surface area contributed by atoms with Crippen LogP contribution in [0.4, 0.5) is 0 Å². The number of hydrogen-bond donors (Lipinski definition) is 2. The molecule has 0 atom stereocenters. The van der Waals surface area contributed by atoms with Crippen LogP contribution >= 0.6 is 11.6 Å². The maximum Gasteiger partial charge on any atom is 0.284 e. The Kier molecular flexibility index (Phi) is 4.71. The van der Waals surface area contributed by atoms with Gasteiger partial charge in [0.05, 0.1) is 10.4 Å². The minimum atomic E-state index is -3.94. The largest absolute Gasteiger partial charge is 0.284 e. The average Bonchev–Trinajstić information content (AvgIpc) is 2.61. The number of carbonyl (C=O) groups is 1. The summed E-state index contributed by atoms with van der Waals surface area (Å²) >= 11 is 5.94. The molecule has 0 fully saturated rings. The fraction of sp³-hybridized carbons (Fsp3) is 0.0588. The Balaban J connectivity index is 1.77. The summed E-state index contributed by atoms with van der Waals surface area (Å²) in [6.07, 6.45) is 0. The molecular formula is C17H14ClN3O3S. The van der Waals surface area contributed by atoms with E-state index in [1.807, 2.05) is 17.0 Å². The van der Waals surface area contributed by atoms with E-state index >= 15 is 0 Å². The monoisotopic (exact) mass is 375 g/mol. The van der Waals surface area contributed by atoms with E-state index in [0.29, 0.717) is 10.5 Å². The fourth-order valence-corrected chi connectivity index (χ4v) is 3.28. The Morgan fingerprint density at radius 2 is 1.84 bits per heavy atom. The Bertz CT molecular complexity index is 1070. The number of aromatic nitrogens is 1. The Morgan fingerprint density at radius 3 is 2.60 bits per heavy atom. The first kappa shape index (κ1) is 17.3. The first-order chi connectivity index (χ1) is 11.9. The maximum atomic E-state index is 12.2. The van der Waals surface area contributed by atoms with Gasteiger partial charge in [-0.1, -0.05) is 41.9 Å². The van der Waals surface area contributed by atoms with Gasteiger partial charge in [0.25, 0.3) is 15.9 Å². The van der Waals surface area contributed by atoms with E-state index in [1.54, 1.807) is 31.2 Å². The number of pyridine rings is 1. The van der Waals surface area contributed by atoms with Crippen LogP contribution in [-0.4, -0.2) is 19.3 Å². The highest BCUT2D eigenvalue weighted by molar-refractivity contribution is 7.89. The molecule has 0 unspecified atom stereocenters. The zero-order valence-electron chi connectivity index (χ0n) is 13.2. The molecule has 0 saturated heterocycles. The van der Waals surface area contributed by atoms with Crippen LogP contribution in [0.1, 0.15) is 16.1 Å². The van der Waals surface area contributed by atoms with E-state index in [0.717, 1.165) is 10.9 Å². The van der Waals surface area contributed by atoms with Crippen LogP contribution < -0.4 is 10.3 Å². The molecule has 3 rings (SSSR count). The van der Waals surface area contributed by atoms with Crippen molar-refractivity contribution in [1.82, 2.24) is 15.2 Å². The molecule has 0 saturated carbocycles. The number of fused-ring (bicyclic) bond motifs is 1. The van der Waals surface area contributed by atoms with Gasteiger partial charge in [0.15, 0.2) is 0 Å². The van der Waals surface area contributed by atoms with Crippen molar-refractivity contribution in [3.8, 4) is 0 Å². The lowest BCUT2D eigenvalue weighted by Crippen LogP contribution is -2.41. The topological polar surface area (TPSA) is 88.2 Å². The number of nitrogens with zero attached hydrogens (tertiary/aromatic N) is 1. The summed E-state index contributed by atoms with van der Waals surface area (Å²) in [6, 6.07) is 14.9. The summed E-state index contributed by atoms with van der Waals surface area (Å²) in [6.45, 7) is 1.76. The summed E-state index contributed by atoms with van der Waals surface area (Å²) in [4.78, 5) is 18.4. The third kappa shape index (κ3) is 3.79. The summed E-state index contributed by atoms with van der Waals surface area (Å²) in [5, 5.41) is 1.21. The fourth-order valence-electron chi connectivity index (χ4n) is 2.17. The Labute approximate surface area is 149 Å². The van der Waals surface area contributed by atoms with E-state index in [9.17, 15) is 13.2 Å². The molecule has 0 bridgehead atoms. The molecule has 8 heteroatoms. The van der Waals surface area contributed by atoms with Gasteiger partial charge in [-0.05, 0) is 36.8 Å². The quantitative estimate of drug-likeness (QED) is 0.686. The number of hydrazine groups is 1. The number of benzene rings is 2. The van der Waals surface area contributed by atoms with Crippen molar-refractivity contribution < 1.29 is 13.2 Å². The second-order valence-corrected chi connectivity index (χ2v) is 7.45.